The Bertz CT molecular complexity index is 382. The Morgan fingerprint density at radius 3 is 2.47 bits per heavy atom. The van der Waals surface area contributed by atoms with E-state index in [1.165, 1.54) is 11.3 Å². The van der Waals surface area contributed by atoms with Crippen molar-refractivity contribution in [3.8, 4) is 0 Å². The Labute approximate surface area is 103 Å². The van der Waals surface area contributed by atoms with E-state index in [0.717, 1.165) is 39.1 Å². The van der Waals surface area contributed by atoms with Gasteiger partial charge < -0.3 is 15.4 Å². The molecule has 2 aliphatic rings. The predicted octanol–water partition coefficient (Wildman–Crippen LogP) is 1.73. The van der Waals surface area contributed by atoms with Crippen LogP contribution in [0.25, 0.3) is 0 Å². The molecule has 2 N–H and O–H groups in total. The highest BCUT2D eigenvalue weighted by Crippen LogP contribution is 2.33. The van der Waals surface area contributed by atoms with E-state index in [4.69, 9.17) is 10.5 Å². The number of nitrogens with two attached hydrogens (primary N) is 1. The number of hydrogen-bond donors (Lipinski definition) is 1. The van der Waals surface area contributed by atoms with Crippen LogP contribution in [-0.2, 0) is 4.74 Å². The summed E-state index contributed by atoms with van der Waals surface area (Å²) in [4.78, 5) is 2.48. The van der Waals surface area contributed by atoms with E-state index < -0.39 is 0 Å². The van der Waals surface area contributed by atoms with Crippen molar-refractivity contribution in [3.05, 3.63) is 29.8 Å². The van der Waals surface area contributed by atoms with Crippen LogP contribution >= 0.6 is 0 Å². The van der Waals surface area contributed by atoms with Gasteiger partial charge in [0.05, 0.1) is 13.2 Å². The first-order valence-electron chi connectivity index (χ1n) is 6.52. The zero-order valence-electron chi connectivity index (χ0n) is 10.1. The molecule has 0 spiro atoms. The van der Waals surface area contributed by atoms with Crippen molar-refractivity contribution in [1.82, 2.24) is 0 Å². The molecule has 0 saturated carbocycles. The second kappa shape index (κ2) is 4.67. The number of hydrogen-bond acceptors (Lipinski definition) is 3. The van der Waals surface area contributed by atoms with E-state index >= 15 is 0 Å². The third-order valence-electron chi connectivity index (χ3n) is 3.89. The molecule has 1 aromatic carbocycles. The largest absolute Gasteiger partial charge is 0.380 e. The number of anilines is 1. The maximum absolute atomic E-state index is 5.96. The fourth-order valence-corrected chi connectivity index (χ4v) is 2.68. The van der Waals surface area contributed by atoms with Gasteiger partial charge in [0.2, 0.25) is 0 Å². The molecular formula is C14H20N2O. The molecule has 2 aliphatic heterocycles. The summed E-state index contributed by atoms with van der Waals surface area (Å²) in [5.41, 5.74) is 8.81. The Morgan fingerprint density at radius 2 is 1.82 bits per heavy atom. The van der Waals surface area contributed by atoms with Crippen molar-refractivity contribution in [2.75, 3.05) is 31.2 Å². The van der Waals surface area contributed by atoms with Crippen LogP contribution in [0.5, 0.6) is 0 Å². The fraction of sp³-hybridized carbons (Fsp3) is 0.571. The SMILES string of the molecule is NC1CCN(c2ccccc2C2COC2)CC1. The Kier molecular flexibility index (Phi) is 3.04. The summed E-state index contributed by atoms with van der Waals surface area (Å²) in [6.07, 6.45) is 2.21. The maximum Gasteiger partial charge on any atom is 0.0558 e. The van der Waals surface area contributed by atoms with Gasteiger partial charge in [-0.2, -0.15) is 0 Å². The first-order chi connectivity index (χ1) is 8.34. The molecule has 3 nitrogen and oxygen atoms in total. The van der Waals surface area contributed by atoms with Crippen LogP contribution < -0.4 is 10.6 Å². The number of rotatable bonds is 2. The second-order valence-electron chi connectivity index (χ2n) is 5.12. The number of para-hydroxylation sites is 1. The molecule has 0 amide bonds. The molecular weight excluding hydrogens is 212 g/mol. The van der Waals surface area contributed by atoms with E-state index in [1.54, 1.807) is 0 Å². The molecule has 1 aromatic rings. The zero-order valence-corrected chi connectivity index (χ0v) is 10.1. The van der Waals surface area contributed by atoms with E-state index in [0.29, 0.717) is 12.0 Å². The first-order valence-corrected chi connectivity index (χ1v) is 6.52. The van der Waals surface area contributed by atoms with Gasteiger partial charge >= 0.3 is 0 Å². The standard InChI is InChI=1S/C14H20N2O/c15-12-5-7-16(8-6-12)14-4-2-1-3-13(14)11-9-17-10-11/h1-4,11-12H,5-10,15H2. The maximum atomic E-state index is 5.96. The zero-order chi connectivity index (χ0) is 11.7. The highest BCUT2D eigenvalue weighted by Gasteiger charge is 2.26. The summed E-state index contributed by atoms with van der Waals surface area (Å²) in [5, 5.41) is 0. The third kappa shape index (κ3) is 2.17. The monoisotopic (exact) mass is 232 g/mol. The van der Waals surface area contributed by atoms with Gasteiger partial charge in [-0.1, -0.05) is 18.2 Å². The average molecular weight is 232 g/mol. The molecule has 0 aliphatic carbocycles. The van der Waals surface area contributed by atoms with Gasteiger partial charge in [-0.3, -0.25) is 0 Å². The van der Waals surface area contributed by atoms with Crippen molar-refractivity contribution in [2.45, 2.75) is 24.8 Å². The van der Waals surface area contributed by atoms with Crippen LogP contribution in [0.3, 0.4) is 0 Å². The summed E-state index contributed by atoms with van der Waals surface area (Å²) in [6, 6.07) is 9.15. The summed E-state index contributed by atoms with van der Waals surface area (Å²) in [7, 11) is 0. The molecule has 0 bridgehead atoms. The molecule has 2 saturated heterocycles. The van der Waals surface area contributed by atoms with Gasteiger partial charge in [0.25, 0.3) is 0 Å². The molecule has 92 valence electrons. The van der Waals surface area contributed by atoms with Gasteiger partial charge in [-0.05, 0) is 24.5 Å². The van der Waals surface area contributed by atoms with Crippen LogP contribution in [0.2, 0.25) is 0 Å². The van der Waals surface area contributed by atoms with Crippen LogP contribution in [0.4, 0.5) is 5.69 Å². The Morgan fingerprint density at radius 1 is 1.12 bits per heavy atom. The number of piperidine rings is 1. The van der Waals surface area contributed by atoms with Crippen molar-refractivity contribution >= 4 is 5.69 Å². The fourth-order valence-electron chi connectivity index (χ4n) is 2.68. The highest BCUT2D eigenvalue weighted by atomic mass is 16.5. The highest BCUT2D eigenvalue weighted by molar-refractivity contribution is 5.56. The molecule has 3 heteroatoms. The minimum absolute atomic E-state index is 0.394. The topological polar surface area (TPSA) is 38.5 Å². The lowest BCUT2D eigenvalue weighted by molar-refractivity contribution is 0.00857. The van der Waals surface area contributed by atoms with Gasteiger partial charge in [0.15, 0.2) is 0 Å². The van der Waals surface area contributed by atoms with Crippen molar-refractivity contribution < 1.29 is 4.74 Å². The van der Waals surface area contributed by atoms with Gasteiger partial charge in [-0.15, -0.1) is 0 Å². The quantitative estimate of drug-likeness (QED) is 0.844. The van der Waals surface area contributed by atoms with E-state index in [-0.39, 0.29) is 0 Å². The summed E-state index contributed by atoms with van der Waals surface area (Å²) >= 11 is 0. The van der Waals surface area contributed by atoms with Crippen molar-refractivity contribution in [1.29, 1.82) is 0 Å². The molecule has 0 atom stereocenters. The third-order valence-corrected chi connectivity index (χ3v) is 3.89. The lowest BCUT2D eigenvalue weighted by atomic mass is 9.94. The predicted molar refractivity (Wildman–Crippen MR) is 69.4 cm³/mol. The second-order valence-corrected chi connectivity index (χ2v) is 5.12. The van der Waals surface area contributed by atoms with E-state index in [2.05, 4.69) is 29.2 Å². The molecule has 2 heterocycles. The van der Waals surface area contributed by atoms with Crippen LogP contribution in [0.15, 0.2) is 24.3 Å². The van der Waals surface area contributed by atoms with Gasteiger partial charge in [-0.25, -0.2) is 0 Å². The van der Waals surface area contributed by atoms with Crippen LogP contribution in [0.1, 0.15) is 24.3 Å². The molecule has 0 aromatic heterocycles. The van der Waals surface area contributed by atoms with Gasteiger partial charge in [0.1, 0.15) is 0 Å². The minimum atomic E-state index is 0.394. The summed E-state index contributed by atoms with van der Waals surface area (Å²) in [5.74, 6) is 0.599. The summed E-state index contributed by atoms with van der Waals surface area (Å²) < 4.78 is 5.31. The van der Waals surface area contributed by atoms with Crippen LogP contribution in [0, 0.1) is 0 Å². The van der Waals surface area contributed by atoms with E-state index in [9.17, 15) is 0 Å². The number of nitrogens with zero attached hydrogens (tertiary/aromatic N) is 1. The van der Waals surface area contributed by atoms with E-state index in [1.807, 2.05) is 0 Å². The lowest BCUT2D eigenvalue weighted by Gasteiger charge is -2.36. The Balaban J connectivity index is 1.81. The molecule has 0 radical (unpaired) electrons. The smallest absolute Gasteiger partial charge is 0.0558 e. The van der Waals surface area contributed by atoms with Gasteiger partial charge in [0, 0.05) is 30.7 Å². The first kappa shape index (κ1) is 11.1. The lowest BCUT2D eigenvalue weighted by Crippen LogP contribution is -2.40. The van der Waals surface area contributed by atoms with Crippen molar-refractivity contribution in [2.24, 2.45) is 5.73 Å². The average Bonchev–Trinajstić information content (AvgIpc) is 2.29. The molecule has 17 heavy (non-hydrogen) atoms. The summed E-state index contributed by atoms with van der Waals surface area (Å²) in [6.45, 7) is 3.94. The van der Waals surface area contributed by atoms with Crippen LogP contribution in [-0.4, -0.2) is 32.3 Å². The minimum Gasteiger partial charge on any atom is -0.380 e. The van der Waals surface area contributed by atoms with Crippen molar-refractivity contribution in [3.63, 3.8) is 0 Å². The Hall–Kier alpha value is -1.06. The number of benzene rings is 1. The number of ether oxygens (including phenoxy) is 1. The molecule has 0 unspecified atom stereocenters. The molecule has 3 rings (SSSR count). The normalized spacial score (nSPS) is 22.5. The molecule has 2 fully saturated rings.